The van der Waals surface area contributed by atoms with Crippen LogP contribution in [0.25, 0.3) is 0 Å². The van der Waals surface area contributed by atoms with Gasteiger partial charge in [-0.3, -0.25) is 33.2 Å². The van der Waals surface area contributed by atoms with Crippen molar-refractivity contribution in [2.75, 3.05) is 53.3 Å². The summed E-state index contributed by atoms with van der Waals surface area (Å²) in [4.78, 5) is 38.9. The Labute approximate surface area is 403 Å². The zero-order valence-corrected chi connectivity index (χ0v) is 40.4. The highest BCUT2D eigenvalue weighted by Gasteiger charge is 2.38. The summed E-state index contributed by atoms with van der Waals surface area (Å²) in [6.45, 7) is 5.28. The molecule has 5 rings (SSSR count). The number of hydrogen-bond donors (Lipinski definition) is 5. The number of alkyl halides is 1. The lowest BCUT2D eigenvalue weighted by Gasteiger charge is -2.31. The zero-order valence-electron chi connectivity index (χ0n) is 38.8. The van der Waals surface area contributed by atoms with E-state index in [1.54, 1.807) is 25.5 Å². The van der Waals surface area contributed by atoms with Crippen LogP contribution in [0.5, 0.6) is 5.75 Å². The van der Waals surface area contributed by atoms with Gasteiger partial charge in [0.05, 0.1) is 92.4 Å². The fourth-order valence-corrected chi connectivity index (χ4v) is 9.15. The second kappa shape index (κ2) is 25.8. The van der Waals surface area contributed by atoms with Crippen molar-refractivity contribution < 1.29 is 59.6 Å². The highest BCUT2D eigenvalue weighted by atomic mass is 32.2. The average molecular weight is 1020 g/mol. The lowest BCUT2D eigenvalue weighted by molar-refractivity contribution is -0.134. The molecule has 0 aliphatic rings. The van der Waals surface area contributed by atoms with Crippen LogP contribution < -0.4 is 20.9 Å². The van der Waals surface area contributed by atoms with Crippen LogP contribution in [0.3, 0.4) is 0 Å². The SMILES string of the molecule is COc1ccc(S(=O)(=O)N(Cc2cn(CCOCCOCCNC(=O)c3cc(/N=N/c4ccc(C)c(S(=O)(=O)O)c4)cc(C(=O)NCCn4cc(CCCF)nn4)c3)nn2)[C@@H](C(=O)NO)C(C)C)cc1. The van der Waals surface area contributed by atoms with E-state index in [0.29, 0.717) is 24.3 Å². The minimum absolute atomic E-state index is 0.0551. The third kappa shape index (κ3) is 15.7. The molecular weight excluding hydrogens is 960 g/mol. The number of amides is 3. The lowest BCUT2D eigenvalue weighted by Crippen LogP contribution is -2.51. The lowest BCUT2D eigenvalue weighted by atomic mass is 10.0. The van der Waals surface area contributed by atoms with Gasteiger partial charge in [-0.25, -0.2) is 18.6 Å². The number of aromatic nitrogens is 6. The van der Waals surface area contributed by atoms with E-state index in [1.807, 2.05) is 0 Å². The van der Waals surface area contributed by atoms with E-state index in [1.165, 1.54) is 84.2 Å². The van der Waals surface area contributed by atoms with E-state index in [-0.39, 0.29) is 103 Å². The summed E-state index contributed by atoms with van der Waals surface area (Å²) in [6.07, 6.45) is 3.92. The van der Waals surface area contributed by atoms with Crippen molar-refractivity contribution in [3.63, 3.8) is 0 Å². The van der Waals surface area contributed by atoms with Gasteiger partial charge in [-0.15, -0.1) is 10.2 Å². The van der Waals surface area contributed by atoms with Crippen LogP contribution in [0.1, 0.15) is 57.9 Å². The van der Waals surface area contributed by atoms with E-state index in [0.717, 1.165) is 10.4 Å². The fourth-order valence-electron chi connectivity index (χ4n) is 6.72. The Balaban J connectivity index is 1.12. The average Bonchev–Trinajstić information content (AvgIpc) is 4.00. The molecule has 5 aromatic rings. The van der Waals surface area contributed by atoms with Gasteiger partial charge < -0.3 is 24.8 Å². The standard InChI is InChI=1S/C43H55FN12O12S2/c1-29(2)40(43(59)51-60)56(69(61,62)38-11-9-37(66-4)10-12-38)28-36-27-55(53-50-36)17-19-68-21-20-67-18-15-46-42(58)32-22-31(41(57)45-14-16-54-26-34(49-52-54)6-5-13-44)23-35(24-32)48-47-33-8-7-30(3)39(25-33)70(63,64)65/h7-12,22-27,29,40,60H,5-6,13-21,28H2,1-4H3,(H,45,57)(H,46,58)(H,51,59)(H,63,64,65)/b48-47+/t40-/m1/s1. The first-order valence-electron chi connectivity index (χ1n) is 21.7. The molecule has 0 saturated heterocycles. The minimum atomic E-state index is -4.54. The van der Waals surface area contributed by atoms with E-state index >= 15 is 0 Å². The quantitative estimate of drug-likeness (QED) is 0.0158. The third-order valence-electron chi connectivity index (χ3n) is 10.2. The van der Waals surface area contributed by atoms with Crippen molar-refractivity contribution in [3.8, 4) is 5.75 Å². The normalized spacial score (nSPS) is 12.4. The monoisotopic (exact) mass is 1010 g/mol. The molecule has 0 unspecified atom stereocenters. The number of hydrogen-bond acceptors (Lipinski definition) is 17. The Bertz CT molecular complexity index is 2810. The van der Waals surface area contributed by atoms with Crippen molar-refractivity contribution in [1.29, 1.82) is 0 Å². The Morgan fingerprint density at radius 1 is 0.800 bits per heavy atom. The zero-order chi connectivity index (χ0) is 50.8. The summed E-state index contributed by atoms with van der Waals surface area (Å²) >= 11 is 0. The molecule has 1 atom stereocenters. The molecule has 0 fully saturated rings. The predicted molar refractivity (Wildman–Crippen MR) is 247 cm³/mol. The molecule has 3 aromatic carbocycles. The van der Waals surface area contributed by atoms with Crippen molar-refractivity contribution in [3.05, 3.63) is 101 Å². The number of aryl methyl sites for hydroxylation is 2. The molecule has 0 aliphatic carbocycles. The Morgan fingerprint density at radius 2 is 1.41 bits per heavy atom. The summed E-state index contributed by atoms with van der Waals surface area (Å²) in [6, 6.07) is 12.6. The first-order chi connectivity index (χ1) is 33.4. The highest BCUT2D eigenvalue weighted by Crippen LogP contribution is 2.27. The maximum absolute atomic E-state index is 13.8. The van der Waals surface area contributed by atoms with Crippen molar-refractivity contribution in [1.82, 2.24) is 50.4 Å². The Kier molecular flexibility index (Phi) is 20.0. The Hall–Kier alpha value is -6.62. The van der Waals surface area contributed by atoms with E-state index in [9.17, 15) is 45.4 Å². The van der Waals surface area contributed by atoms with Gasteiger partial charge in [-0.2, -0.15) is 23.0 Å². The molecule has 0 aliphatic heterocycles. The van der Waals surface area contributed by atoms with Crippen LogP contribution in [0, 0.1) is 12.8 Å². The maximum Gasteiger partial charge on any atom is 0.294 e. The van der Waals surface area contributed by atoms with Gasteiger partial charge in [-0.05, 0) is 85.8 Å². The molecule has 24 nitrogen and oxygen atoms in total. The summed E-state index contributed by atoms with van der Waals surface area (Å²) in [5.74, 6) is -2.14. The van der Waals surface area contributed by atoms with Gasteiger partial charge >= 0.3 is 0 Å². The summed E-state index contributed by atoms with van der Waals surface area (Å²) in [5.41, 5.74) is 2.99. The maximum atomic E-state index is 13.8. The fraction of sp³-hybridized carbons (Fsp3) is 0.419. The van der Waals surface area contributed by atoms with Crippen LogP contribution in [-0.2, 0) is 60.5 Å². The van der Waals surface area contributed by atoms with Crippen LogP contribution in [-0.4, -0.2) is 138 Å². The number of azo groups is 1. The number of benzene rings is 3. The van der Waals surface area contributed by atoms with Gasteiger partial charge in [0.1, 0.15) is 11.8 Å². The number of nitrogens with one attached hydrogen (secondary N) is 3. The molecule has 27 heteroatoms. The van der Waals surface area contributed by atoms with Gasteiger partial charge in [0, 0.05) is 36.6 Å². The number of halogens is 1. The number of rotatable bonds is 28. The molecule has 2 heterocycles. The number of carbonyl (C=O) groups excluding carboxylic acids is 3. The number of methoxy groups -OCH3 is 1. The molecule has 378 valence electrons. The van der Waals surface area contributed by atoms with Crippen LogP contribution in [0.2, 0.25) is 0 Å². The summed E-state index contributed by atoms with van der Waals surface area (Å²) in [7, 11) is -7.39. The molecule has 0 saturated carbocycles. The predicted octanol–water partition coefficient (Wildman–Crippen LogP) is 3.36. The van der Waals surface area contributed by atoms with Crippen molar-refractivity contribution in [2.24, 2.45) is 16.1 Å². The van der Waals surface area contributed by atoms with Crippen molar-refractivity contribution in [2.45, 2.75) is 69.1 Å². The first-order valence-corrected chi connectivity index (χ1v) is 24.6. The number of nitrogens with zero attached hydrogens (tertiary/aromatic N) is 9. The molecule has 0 spiro atoms. The van der Waals surface area contributed by atoms with Crippen LogP contribution in [0.4, 0.5) is 15.8 Å². The molecule has 2 aromatic heterocycles. The number of sulfonamides is 1. The van der Waals surface area contributed by atoms with E-state index < -0.39 is 56.5 Å². The molecule has 0 bridgehead atoms. The van der Waals surface area contributed by atoms with E-state index in [2.05, 4.69) is 41.5 Å². The Morgan fingerprint density at radius 3 is 2.04 bits per heavy atom. The molecule has 0 radical (unpaired) electrons. The molecule has 3 amide bonds. The van der Waals surface area contributed by atoms with Crippen molar-refractivity contribution >= 4 is 49.2 Å². The smallest absolute Gasteiger partial charge is 0.294 e. The summed E-state index contributed by atoms with van der Waals surface area (Å²) < 4.78 is 93.8. The molecule has 70 heavy (non-hydrogen) atoms. The first kappa shape index (κ1) is 54.3. The number of hydroxylamine groups is 1. The third-order valence-corrected chi connectivity index (χ3v) is 13.0. The second-order valence-electron chi connectivity index (χ2n) is 15.8. The minimum Gasteiger partial charge on any atom is -0.497 e. The van der Waals surface area contributed by atoms with Gasteiger partial charge in [0.15, 0.2) is 0 Å². The number of ether oxygens (including phenoxy) is 3. The van der Waals surface area contributed by atoms with Crippen LogP contribution in [0.15, 0.2) is 93.1 Å². The second-order valence-corrected chi connectivity index (χ2v) is 19.0. The van der Waals surface area contributed by atoms with Gasteiger partial charge in [0.25, 0.3) is 27.8 Å². The van der Waals surface area contributed by atoms with E-state index in [4.69, 9.17) is 14.2 Å². The largest absolute Gasteiger partial charge is 0.497 e. The molecule has 5 N–H and O–H groups in total. The van der Waals surface area contributed by atoms with Crippen LogP contribution >= 0.6 is 0 Å². The highest BCUT2D eigenvalue weighted by molar-refractivity contribution is 7.89. The number of carbonyl (C=O) groups is 3. The van der Waals surface area contributed by atoms with Gasteiger partial charge in [-0.1, -0.05) is 30.3 Å². The topological polar surface area (TPSA) is 313 Å². The van der Waals surface area contributed by atoms with Gasteiger partial charge in [0.2, 0.25) is 10.0 Å². The molecular formula is C43H55FN12O12S2. The summed E-state index contributed by atoms with van der Waals surface area (Å²) in [5, 5.41) is 39.2.